The number of pyridine rings is 1. The molecule has 1 N–H and O–H groups in total. The van der Waals surface area contributed by atoms with Gasteiger partial charge in [0.2, 0.25) is 0 Å². The summed E-state index contributed by atoms with van der Waals surface area (Å²) in [5.41, 5.74) is 3.89. The van der Waals surface area contributed by atoms with Crippen LogP contribution in [0.3, 0.4) is 0 Å². The maximum atomic E-state index is 6.62. The van der Waals surface area contributed by atoms with Gasteiger partial charge in [0, 0.05) is 41.0 Å². The second-order valence-corrected chi connectivity index (χ2v) is 9.94. The van der Waals surface area contributed by atoms with Crippen molar-refractivity contribution in [2.75, 3.05) is 25.2 Å². The second kappa shape index (κ2) is 11.0. The van der Waals surface area contributed by atoms with E-state index in [9.17, 15) is 0 Å². The zero-order valence-electron chi connectivity index (χ0n) is 19.5. The molecule has 0 spiro atoms. The molecule has 0 bridgehead atoms. The van der Waals surface area contributed by atoms with Crippen molar-refractivity contribution in [2.45, 2.75) is 12.1 Å². The summed E-state index contributed by atoms with van der Waals surface area (Å²) in [4.78, 5) is 6.75. The molecule has 2 aromatic carbocycles. The molecule has 0 amide bonds. The molecule has 1 saturated heterocycles. The number of benzene rings is 2. The number of thiocarbonyl (C=S) groups is 1. The quantitative estimate of drug-likeness (QED) is 0.189. The van der Waals surface area contributed by atoms with Gasteiger partial charge in [-0.2, -0.15) is 0 Å². The minimum atomic E-state index is -0.178. The van der Waals surface area contributed by atoms with E-state index >= 15 is 0 Å². The molecular weight excluding hydrogens is 560 g/mol. The van der Waals surface area contributed by atoms with Gasteiger partial charge in [-0.15, -0.1) is 0 Å². The van der Waals surface area contributed by atoms with Crippen LogP contribution >= 0.6 is 39.7 Å². The van der Waals surface area contributed by atoms with Crippen molar-refractivity contribution in [3.8, 4) is 11.4 Å². The molecule has 5 rings (SSSR count). The Labute approximate surface area is 228 Å². The summed E-state index contributed by atoms with van der Waals surface area (Å²) >= 11 is 16.0. The van der Waals surface area contributed by atoms with Gasteiger partial charge < -0.3 is 24.3 Å². The standard InChI is InChI=1S/C27H24BrClN4O2S/c1-34-15-16-35-24-12-11-20(17-21(24)29)33-26(25(31-27(33)36)22-5-2-3-13-30-22)23-6-4-14-32(23)19-9-7-18(28)8-10-19/h2-14,17,25-26H,15-16H2,1H3,(H,31,36). The van der Waals surface area contributed by atoms with Crippen molar-refractivity contribution in [3.63, 3.8) is 0 Å². The molecule has 2 aromatic heterocycles. The van der Waals surface area contributed by atoms with E-state index in [1.165, 1.54) is 0 Å². The van der Waals surface area contributed by atoms with Gasteiger partial charge in [-0.25, -0.2) is 0 Å². The number of ether oxygens (including phenoxy) is 2. The summed E-state index contributed by atoms with van der Waals surface area (Å²) < 4.78 is 14.0. The number of nitrogens with zero attached hydrogens (tertiary/aromatic N) is 3. The summed E-state index contributed by atoms with van der Waals surface area (Å²) in [6.45, 7) is 0.906. The highest BCUT2D eigenvalue weighted by Crippen LogP contribution is 2.43. The highest BCUT2D eigenvalue weighted by atomic mass is 79.9. The minimum Gasteiger partial charge on any atom is -0.490 e. The summed E-state index contributed by atoms with van der Waals surface area (Å²) in [5, 5.41) is 4.61. The van der Waals surface area contributed by atoms with Crippen LogP contribution in [0.1, 0.15) is 23.5 Å². The number of halogens is 2. The highest BCUT2D eigenvalue weighted by Gasteiger charge is 2.42. The number of rotatable bonds is 8. The number of methoxy groups -OCH3 is 1. The zero-order chi connectivity index (χ0) is 25.1. The van der Waals surface area contributed by atoms with Crippen LogP contribution < -0.4 is 15.0 Å². The first-order chi connectivity index (χ1) is 17.6. The maximum Gasteiger partial charge on any atom is 0.174 e. The number of aromatic nitrogens is 2. The summed E-state index contributed by atoms with van der Waals surface area (Å²) in [6, 6.07) is 23.7. The molecule has 2 atom stereocenters. The lowest BCUT2D eigenvalue weighted by atomic mass is 10.0. The van der Waals surface area contributed by atoms with Gasteiger partial charge in [-0.3, -0.25) is 4.98 Å². The third-order valence-electron chi connectivity index (χ3n) is 6.02. The van der Waals surface area contributed by atoms with E-state index < -0.39 is 0 Å². The Balaban J connectivity index is 1.58. The smallest absolute Gasteiger partial charge is 0.174 e. The second-order valence-electron chi connectivity index (χ2n) is 8.23. The molecule has 1 fully saturated rings. The van der Waals surface area contributed by atoms with Crippen LogP contribution in [0.4, 0.5) is 5.69 Å². The first-order valence-corrected chi connectivity index (χ1v) is 13.0. The minimum absolute atomic E-state index is 0.167. The number of anilines is 1. The molecule has 3 heterocycles. The van der Waals surface area contributed by atoms with Crippen LogP contribution in [0.15, 0.2) is 89.7 Å². The van der Waals surface area contributed by atoms with E-state index in [1.54, 1.807) is 13.3 Å². The lowest BCUT2D eigenvalue weighted by molar-refractivity contribution is 0.146. The Kier molecular flexibility index (Phi) is 7.57. The van der Waals surface area contributed by atoms with E-state index in [0.717, 1.165) is 27.2 Å². The number of hydrogen-bond donors (Lipinski definition) is 1. The predicted molar refractivity (Wildman–Crippen MR) is 150 cm³/mol. The number of hydrogen-bond acceptors (Lipinski definition) is 4. The van der Waals surface area contributed by atoms with Crippen molar-refractivity contribution in [1.82, 2.24) is 14.9 Å². The van der Waals surface area contributed by atoms with Gasteiger partial charge in [0.15, 0.2) is 5.11 Å². The molecule has 0 aliphatic carbocycles. The Hall–Kier alpha value is -2.91. The SMILES string of the molecule is COCCOc1ccc(N2C(=S)NC(c3ccccn3)C2c2cccn2-c2ccc(Br)cc2)cc1Cl. The molecule has 4 aromatic rings. The summed E-state index contributed by atoms with van der Waals surface area (Å²) in [7, 11) is 1.64. The molecule has 0 saturated carbocycles. The first-order valence-electron chi connectivity index (χ1n) is 11.4. The van der Waals surface area contributed by atoms with Gasteiger partial charge in [-0.1, -0.05) is 33.6 Å². The Morgan fingerprint density at radius 1 is 1.03 bits per heavy atom. The summed E-state index contributed by atoms with van der Waals surface area (Å²) in [6.07, 6.45) is 3.86. The Morgan fingerprint density at radius 3 is 2.56 bits per heavy atom. The monoisotopic (exact) mass is 582 g/mol. The van der Waals surface area contributed by atoms with E-state index in [-0.39, 0.29) is 12.1 Å². The zero-order valence-corrected chi connectivity index (χ0v) is 22.6. The van der Waals surface area contributed by atoms with Gasteiger partial charge in [0.05, 0.1) is 23.4 Å². The maximum absolute atomic E-state index is 6.62. The lowest BCUT2D eigenvalue weighted by Gasteiger charge is -2.29. The third-order valence-corrected chi connectivity index (χ3v) is 7.16. The molecule has 36 heavy (non-hydrogen) atoms. The highest BCUT2D eigenvalue weighted by molar-refractivity contribution is 9.10. The van der Waals surface area contributed by atoms with Crippen LogP contribution in [0.25, 0.3) is 5.69 Å². The first kappa shape index (κ1) is 24.8. The van der Waals surface area contributed by atoms with Crippen molar-refractivity contribution >= 4 is 50.5 Å². The van der Waals surface area contributed by atoms with E-state index in [0.29, 0.717) is 29.1 Å². The van der Waals surface area contributed by atoms with Gasteiger partial charge in [0.25, 0.3) is 0 Å². The average Bonchev–Trinajstić information content (AvgIpc) is 3.50. The Bertz CT molecular complexity index is 1350. The van der Waals surface area contributed by atoms with E-state index in [1.807, 2.05) is 54.6 Å². The largest absolute Gasteiger partial charge is 0.490 e. The van der Waals surface area contributed by atoms with Crippen molar-refractivity contribution < 1.29 is 9.47 Å². The molecule has 0 radical (unpaired) electrons. The molecule has 1 aliphatic heterocycles. The number of nitrogens with one attached hydrogen (secondary N) is 1. The van der Waals surface area contributed by atoms with Gasteiger partial charge in [-0.05, 0) is 78.9 Å². The third kappa shape index (κ3) is 4.99. The molecule has 9 heteroatoms. The van der Waals surface area contributed by atoms with Crippen molar-refractivity contribution in [3.05, 3.63) is 106 Å². The fourth-order valence-electron chi connectivity index (χ4n) is 4.40. The van der Waals surface area contributed by atoms with E-state index in [4.69, 9.17) is 33.3 Å². The van der Waals surface area contributed by atoms with Crippen molar-refractivity contribution in [1.29, 1.82) is 0 Å². The van der Waals surface area contributed by atoms with Crippen LogP contribution in [0.2, 0.25) is 5.02 Å². The molecule has 1 aliphatic rings. The van der Waals surface area contributed by atoms with Crippen LogP contribution in [0, 0.1) is 0 Å². The van der Waals surface area contributed by atoms with E-state index in [2.05, 4.69) is 60.1 Å². The molecule has 184 valence electrons. The van der Waals surface area contributed by atoms with Crippen LogP contribution in [-0.4, -0.2) is 35.0 Å². The summed E-state index contributed by atoms with van der Waals surface area (Å²) in [5.74, 6) is 0.603. The topological polar surface area (TPSA) is 51.6 Å². The fourth-order valence-corrected chi connectivity index (χ4v) is 5.24. The lowest BCUT2D eigenvalue weighted by Crippen LogP contribution is -2.30. The Morgan fingerprint density at radius 2 is 1.83 bits per heavy atom. The van der Waals surface area contributed by atoms with Crippen LogP contribution in [0.5, 0.6) is 5.75 Å². The average molecular weight is 584 g/mol. The molecule has 2 unspecified atom stereocenters. The van der Waals surface area contributed by atoms with Gasteiger partial charge in [0.1, 0.15) is 18.4 Å². The van der Waals surface area contributed by atoms with Crippen molar-refractivity contribution in [2.24, 2.45) is 0 Å². The normalized spacial score (nSPS) is 17.3. The van der Waals surface area contributed by atoms with Gasteiger partial charge >= 0.3 is 0 Å². The molecular formula is C27H24BrClN4O2S. The fraction of sp³-hybridized carbons (Fsp3) is 0.185. The predicted octanol–water partition coefficient (Wildman–Crippen LogP) is 6.49. The van der Waals surface area contributed by atoms with Crippen LogP contribution in [-0.2, 0) is 4.74 Å². The molecule has 6 nitrogen and oxygen atoms in total.